The molecule has 0 radical (unpaired) electrons. The summed E-state index contributed by atoms with van der Waals surface area (Å²) in [6.45, 7) is 1.51. The molecule has 0 aromatic carbocycles. The Morgan fingerprint density at radius 1 is 1.62 bits per heavy atom. The molecule has 0 amide bonds. The van der Waals surface area contributed by atoms with Crippen molar-refractivity contribution in [2.75, 3.05) is 6.54 Å². The number of nitrogens with two attached hydrogens (primary N) is 1. The number of alkyl halides is 2. The summed E-state index contributed by atoms with van der Waals surface area (Å²) in [5.41, 5.74) is 3.79. The van der Waals surface area contributed by atoms with Crippen LogP contribution in [-0.4, -0.2) is 24.0 Å². The Hall–Kier alpha value is -0.710. The summed E-state index contributed by atoms with van der Waals surface area (Å²) < 4.78 is 24.2. The highest BCUT2D eigenvalue weighted by Crippen LogP contribution is 2.30. The zero-order chi connectivity index (χ0) is 10.5. The largest absolute Gasteiger partial charge is 0.481 e. The van der Waals surface area contributed by atoms with Gasteiger partial charge in [0.1, 0.15) is 0 Å². The Balaban J connectivity index is 4.54. The summed E-state index contributed by atoms with van der Waals surface area (Å²) in [4.78, 5) is 10.8. The smallest absolute Gasteiger partial charge is 0.311 e. The van der Waals surface area contributed by atoms with Gasteiger partial charge >= 0.3 is 5.97 Å². The van der Waals surface area contributed by atoms with Gasteiger partial charge in [0.15, 0.2) is 0 Å². The van der Waals surface area contributed by atoms with Crippen LogP contribution in [0.4, 0.5) is 8.78 Å². The molecule has 0 saturated heterocycles. The first kappa shape index (κ1) is 12.3. The van der Waals surface area contributed by atoms with Crippen LogP contribution in [0.1, 0.15) is 26.2 Å². The molecule has 5 heteroatoms. The van der Waals surface area contributed by atoms with E-state index in [0.717, 1.165) is 0 Å². The maximum atomic E-state index is 12.1. The van der Waals surface area contributed by atoms with Crippen molar-refractivity contribution < 1.29 is 18.7 Å². The Morgan fingerprint density at radius 3 is 2.38 bits per heavy atom. The van der Waals surface area contributed by atoms with Crippen molar-refractivity contribution in [2.45, 2.75) is 32.6 Å². The third kappa shape index (κ3) is 3.26. The summed E-state index contributed by atoms with van der Waals surface area (Å²) in [5, 5.41) is 8.79. The Bertz CT molecular complexity index is 176. The topological polar surface area (TPSA) is 63.3 Å². The highest BCUT2D eigenvalue weighted by molar-refractivity contribution is 5.74. The lowest BCUT2D eigenvalue weighted by Gasteiger charge is -2.26. The molecule has 0 heterocycles. The van der Waals surface area contributed by atoms with E-state index in [0.29, 0.717) is 6.42 Å². The minimum absolute atomic E-state index is 0.198. The van der Waals surface area contributed by atoms with E-state index in [2.05, 4.69) is 0 Å². The van der Waals surface area contributed by atoms with Gasteiger partial charge in [-0.2, -0.15) is 0 Å². The summed E-state index contributed by atoms with van der Waals surface area (Å²) >= 11 is 0. The molecule has 0 aliphatic carbocycles. The van der Waals surface area contributed by atoms with Gasteiger partial charge in [-0.1, -0.05) is 13.3 Å². The molecule has 0 saturated carbocycles. The number of rotatable bonds is 6. The molecule has 3 nitrogen and oxygen atoms in total. The molecule has 0 bridgehead atoms. The van der Waals surface area contributed by atoms with Gasteiger partial charge in [0, 0.05) is 13.0 Å². The predicted octanol–water partition coefficient (Wildman–Crippen LogP) is 1.47. The second-order valence-electron chi connectivity index (χ2n) is 3.13. The molecule has 1 atom stereocenters. The Labute approximate surface area is 75.9 Å². The third-order valence-corrected chi connectivity index (χ3v) is 2.12. The molecular formula is C8H15F2NO2. The summed E-state index contributed by atoms with van der Waals surface area (Å²) in [6, 6.07) is 0. The highest BCUT2D eigenvalue weighted by Gasteiger charge is 2.38. The van der Waals surface area contributed by atoms with Gasteiger partial charge in [0.2, 0.25) is 6.43 Å². The Morgan fingerprint density at radius 2 is 2.15 bits per heavy atom. The van der Waals surface area contributed by atoms with Crippen molar-refractivity contribution in [2.24, 2.45) is 11.1 Å². The molecule has 13 heavy (non-hydrogen) atoms. The van der Waals surface area contributed by atoms with Gasteiger partial charge < -0.3 is 10.8 Å². The second kappa shape index (κ2) is 5.11. The second-order valence-corrected chi connectivity index (χ2v) is 3.13. The van der Waals surface area contributed by atoms with Crippen LogP contribution in [0, 0.1) is 5.41 Å². The number of carboxylic acids is 1. The van der Waals surface area contributed by atoms with E-state index in [-0.39, 0.29) is 13.0 Å². The van der Waals surface area contributed by atoms with E-state index in [4.69, 9.17) is 10.8 Å². The first-order chi connectivity index (χ1) is 5.98. The van der Waals surface area contributed by atoms with Crippen molar-refractivity contribution in [3.05, 3.63) is 0 Å². The summed E-state index contributed by atoms with van der Waals surface area (Å²) in [6.07, 6.45) is -2.54. The first-order valence-corrected chi connectivity index (χ1v) is 4.20. The normalized spacial score (nSPS) is 15.8. The fourth-order valence-corrected chi connectivity index (χ4v) is 1.34. The minimum atomic E-state index is -2.62. The van der Waals surface area contributed by atoms with Crippen LogP contribution < -0.4 is 5.73 Å². The number of carbonyl (C=O) groups is 1. The van der Waals surface area contributed by atoms with E-state index in [1.165, 1.54) is 0 Å². The fourth-order valence-electron chi connectivity index (χ4n) is 1.34. The average Bonchev–Trinajstić information content (AvgIpc) is 2.02. The number of carboxylic acid groups (broad SMARTS) is 1. The molecule has 3 N–H and O–H groups in total. The molecule has 0 aliphatic rings. The number of halogens is 2. The molecule has 1 unspecified atom stereocenters. The van der Waals surface area contributed by atoms with E-state index in [1.807, 2.05) is 0 Å². The average molecular weight is 195 g/mol. The first-order valence-electron chi connectivity index (χ1n) is 4.20. The molecule has 0 aliphatic heterocycles. The van der Waals surface area contributed by atoms with Crippen molar-refractivity contribution >= 4 is 5.97 Å². The van der Waals surface area contributed by atoms with Gasteiger partial charge in [-0.15, -0.1) is 0 Å². The van der Waals surface area contributed by atoms with E-state index >= 15 is 0 Å². The molecule has 78 valence electrons. The molecule has 0 aromatic rings. The van der Waals surface area contributed by atoms with Gasteiger partial charge in [-0.3, -0.25) is 4.79 Å². The van der Waals surface area contributed by atoms with Crippen molar-refractivity contribution in [1.82, 2.24) is 0 Å². The molecule has 0 rings (SSSR count). The molecule has 0 aromatic heterocycles. The van der Waals surface area contributed by atoms with Gasteiger partial charge in [0.05, 0.1) is 5.41 Å². The SMILES string of the molecule is CCCC(CN)(CC(F)F)C(=O)O. The van der Waals surface area contributed by atoms with Crippen LogP contribution in [0.25, 0.3) is 0 Å². The Kier molecular flexibility index (Phi) is 4.83. The predicted molar refractivity (Wildman–Crippen MR) is 44.7 cm³/mol. The van der Waals surface area contributed by atoms with Crippen molar-refractivity contribution in [1.29, 1.82) is 0 Å². The zero-order valence-corrected chi connectivity index (χ0v) is 7.59. The van der Waals surface area contributed by atoms with Gasteiger partial charge in [0.25, 0.3) is 0 Å². The van der Waals surface area contributed by atoms with E-state index in [9.17, 15) is 13.6 Å². The molecule has 0 fully saturated rings. The van der Waals surface area contributed by atoms with Gasteiger partial charge in [-0.25, -0.2) is 8.78 Å². The summed E-state index contributed by atoms with van der Waals surface area (Å²) in [5.74, 6) is -1.22. The number of hydrogen-bond acceptors (Lipinski definition) is 2. The lowest BCUT2D eigenvalue weighted by molar-refractivity contribution is -0.151. The fraction of sp³-hybridized carbons (Fsp3) is 0.875. The summed E-state index contributed by atoms with van der Waals surface area (Å²) in [7, 11) is 0. The van der Waals surface area contributed by atoms with Crippen molar-refractivity contribution in [3.63, 3.8) is 0 Å². The molecule has 0 spiro atoms. The third-order valence-electron chi connectivity index (χ3n) is 2.12. The lowest BCUT2D eigenvalue weighted by Crippen LogP contribution is -2.40. The van der Waals surface area contributed by atoms with Crippen LogP contribution in [0.15, 0.2) is 0 Å². The van der Waals surface area contributed by atoms with Crippen LogP contribution >= 0.6 is 0 Å². The maximum absolute atomic E-state index is 12.1. The van der Waals surface area contributed by atoms with E-state index < -0.39 is 24.2 Å². The highest BCUT2D eigenvalue weighted by atomic mass is 19.3. The zero-order valence-electron chi connectivity index (χ0n) is 7.59. The van der Waals surface area contributed by atoms with Gasteiger partial charge in [-0.05, 0) is 6.42 Å². The number of aliphatic carboxylic acids is 1. The lowest BCUT2D eigenvalue weighted by atomic mass is 9.80. The quantitative estimate of drug-likeness (QED) is 0.674. The van der Waals surface area contributed by atoms with E-state index in [1.54, 1.807) is 6.92 Å². The maximum Gasteiger partial charge on any atom is 0.311 e. The number of hydrogen-bond donors (Lipinski definition) is 2. The minimum Gasteiger partial charge on any atom is -0.481 e. The van der Waals surface area contributed by atoms with Crippen molar-refractivity contribution in [3.8, 4) is 0 Å². The monoisotopic (exact) mass is 195 g/mol. The molecular weight excluding hydrogens is 180 g/mol. The van der Waals surface area contributed by atoms with Crippen LogP contribution in [0.2, 0.25) is 0 Å². The van der Waals surface area contributed by atoms with Crippen LogP contribution in [0.3, 0.4) is 0 Å². The van der Waals surface area contributed by atoms with Crippen LogP contribution in [-0.2, 0) is 4.79 Å². The van der Waals surface area contributed by atoms with Crippen LogP contribution in [0.5, 0.6) is 0 Å². The standard InChI is InChI=1S/C8H15F2NO2/c1-2-3-8(5-11,7(12)13)4-6(9)10/h6H,2-5,11H2,1H3,(H,12,13).